The average molecular weight is 327 g/mol. The molecular weight excluding hydrogens is 309 g/mol. The molecule has 0 spiro atoms. The van der Waals surface area contributed by atoms with Crippen molar-refractivity contribution in [3.8, 4) is 6.07 Å². The number of H-pyrrole nitrogens is 1. The summed E-state index contributed by atoms with van der Waals surface area (Å²) in [4.78, 5) is 28.9. The van der Waals surface area contributed by atoms with Crippen LogP contribution >= 0.6 is 0 Å². The largest absolute Gasteiger partial charge is 0.337 e. The van der Waals surface area contributed by atoms with Gasteiger partial charge in [0.2, 0.25) is 5.56 Å². The second-order valence-electron chi connectivity index (χ2n) is 6.32. The zero-order valence-electron chi connectivity index (χ0n) is 13.4. The van der Waals surface area contributed by atoms with Crippen LogP contribution in [-0.4, -0.2) is 28.9 Å². The van der Waals surface area contributed by atoms with Crippen LogP contribution in [0.15, 0.2) is 23.0 Å². The molecular formula is C18H18FN3O2. The second-order valence-corrected chi connectivity index (χ2v) is 6.32. The number of hydrogen-bond donors (Lipinski definition) is 1. The normalized spacial score (nSPS) is 13.7. The number of carbonyl (C=O) groups excluding carboxylic acids is 1. The minimum atomic E-state index is -0.553. The van der Waals surface area contributed by atoms with E-state index >= 15 is 0 Å². The summed E-state index contributed by atoms with van der Waals surface area (Å²) in [7, 11) is 0. The molecule has 0 bridgehead atoms. The van der Waals surface area contributed by atoms with Gasteiger partial charge in [0.1, 0.15) is 5.82 Å². The Bertz CT molecular complexity index is 893. The maximum absolute atomic E-state index is 14.2. The highest BCUT2D eigenvalue weighted by atomic mass is 19.1. The molecule has 1 amide bonds. The van der Waals surface area contributed by atoms with Crippen molar-refractivity contribution >= 4 is 16.8 Å². The first-order chi connectivity index (χ1) is 11.5. The number of benzene rings is 1. The Morgan fingerprint density at radius 3 is 2.83 bits per heavy atom. The molecule has 1 aliphatic rings. The lowest BCUT2D eigenvalue weighted by Crippen LogP contribution is -2.34. The first kappa shape index (κ1) is 16.2. The molecule has 5 nitrogen and oxygen atoms in total. The average Bonchev–Trinajstić information content (AvgIpc) is 3.35. The third-order valence-corrected chi connectivity index (χ3v) is 4.24. The third kappa shape index (κ3) is 3.30. The number of fused-ring (bicyclic) bond motifs is 1. The molecule has 1 aliphatic carbocycles. The van der Waals surface area contributed by atoms with Crippen molar-refractivity contribution in [2.75, 3.05) is 13.1 Å². The number of nitriles is 1. The third-order valence-electron chi connectivity index (χ3n) is 4.24. The van der Waals surface area contributed by atoms with Gasteiger partial charge in [0.05, 0.1) is 23.6 Å². The number of hydrogen-bond acceptors (Lipinski definition) is 3. The van der Waals surface area contributed by atoms with Gasteiger partial charge in [0.25, 0.3) is 5.91 Å². The molecule has 1 N–H and O–H groups in total. The quantitative estimate of drug-likeness (QED) is 0.917. The number of aromatic amines is 1. The van der Waals surface area contributed by atoms with Crippen LogP contribution in [-0.2, 0) is 0 Å². The summed E-state index contributed by atoms with van der Waals surface area (Å²) >= 11 is 0. The van der Waals surface area contributed by atoms with Crippen LogP contribution in [0.2, 0.25) is 0 Å². The molecule has 1 fully saturated rings. The number of amides is 1. The van der Waals surface area contributed by atoms with Gasteiger partial charge in [-0.2, -0.15) is 5.26 Å². The highest BCUT2D eigenvalue weighted by molar-refractivity contribution is 6.06. The maximum atomic E-state index is 14.2. The van der Waals surface area contributed by atoms with Crippen LogP contribution in [0.3, 0.4) is 0 Å². The molecule has 6 heteroatoms. The fourth-order valence-corrected chi connectivity index (χ4v) is 2.87. The monoisotopic (exact) mass is 327 g/mol. The van der Waals surface area contributed by atoms with Crippen molar-refractivity contribution in [3.63, 3.8) is 0 Å². The van der Waals surface area contributed by atoms with E-state index in [4.69, 9.17) is 5.26 Å². The molecule has 0 aliphatic heterocycles. The summed E-state index contributed by atoms with van der Waals surface area (Å²) in [6.45, 7) is 2.62. The molecule has 0 saturated heterocycles. The fraction of sp³-hybridized carbons (Fsp3) is 0.389. The molecule has 0 atom stereocenters. The molecule has 2 aromatic rings. The van der Waals surface area contributed by atoms with Gasteiger partial charge in [0, 0.05) is 24.5 Å². The number of rotatable bonds is 5. The number of nitrogens with one attached hydrogen (secondary N) is 1. The van der Waals surface area contributed by atoms with Gasteiger partial charge in [0.15, 0.2) is 0 Å². The Morgan fingerprint density at radius 1 is 1.42 bits per heavy atom. The van der Waals surface area contributed by atoms with Crippen molar-refractivity contribution in [2.24, 2.45) is 5.92 Å². The Labute approximate surface area is 138 Å². The highest BCUT2D eigenvalue weighted by Gasteiger charge is 2.28. The van der Waals surface area contributed by atoms with Gasteiger partial charge in [-0.05, 0) is 43.4 Å². The lowest BCUT2D eigenvalue weighted by Gasteiger charge is -2.22. The summed E-state index contributed by atoms with van der Waals surface area (Å²) in [6.07, 6.45) is 2.37. The zero-order valence-corrected chi connectivity index (χ0v) is 13.4. The maximum Gasteiger partial charge on any atom is 0.254 e. The molecule has 1 aromatic heterocycles. The number of aromatic nitrogens is 1. The van der Waals surface area contributed by atoms with E-state index in [1.54, 1.807) is 17.9 Å². The number of pyridine rings is 1. The van der Waals surface area contributed by atoms with Gasteiger partial charge in [-0.25, -0.2) is 4.39 Å². The summed E-state index contributed by atoms with van der Waals surface area (Å²) in [5, 5.41) is 9.21. The van der Waals surface area contributed by atoms with Crippen molar-refractivity contribution in [1.82, 2.24) is 9.88 Å². The van der Waals surface area contributed by atoms with Crippen LogP contribution in [0.1, 0.15) is 35.2 Å². The SMILES string of the molecule is Cc1cc(F)c2[nH]c(=O)cc(C(=O)N(CCC#N)CC3CC3)c2c1. The molecule has 0 unspecified atom stereocenters. The molecule has 1 aromatic carbocycles. The summed E-state index contributed by atoms with van der Waals surface area (Å²) in [5.41, 5.74) is 0.394. The van der Waals surface area contributed by atoms with Crippen LogP contribution in [0.4, 0.5) is 4.39 Å². The van der Waals surface area contributed by atoms with Crippen molar-refractivity contribution in [1.29, 1.82) is 5.26 Å². The summed E-state index contributed by atoms with van der Waals surface area (Å²) in [6, 6.07) is 6.28. The predicted octanol–water partition coefficient (Wildman–Crippen LogP) is 2.74. The Hall–Kier alpha value is -2.68. The highest BCUT2D eigenvalue weighted by Crippen LogP contribution is 2.30. The van der Waals surface area contributed by atoms with E-state index in [0.29, 0.717) is 30.0 Å². The first-order valence-corrected chi connectivity index (χ1v) is 7.99. The van der Waals surface area contributed by atoms with E-state index in [9.17, 15) is 14.0 Å². The molecule has 0 radical (unpaired) electrons. The predicted molar refractivity (Wildman–Crippen MR) is 88.1 cm³/mol. The molecule has 24 heavy (non-hydrogen) atoms. The lowest BCUT2D eigenvalue weighted by atomic mass is 10.0. The zero-order chi connectivity index (χ0) is 17.3. The molecule has 1 saturated carbocycles. The van der Waals surface area contributed by atoms with Crippen LogP contribution in [0.25, 0.3) is 10.9 Å². The molecule has 3 rings (SSSR count). The van der Waals surface area contributed by atoms with Crippen molar-refractivity contribution in [2.45, 2.75) is 26.2 Å². The second kappa shape index (κ2) is 6.44. The molecule has 124 valence electrons. The summed E-state index contributed by atoms with van der Waals surface area (Å²) in [5.74, 6) is -0.417. The number of carbonyl (C=O) groups is 1. The minimum Gasteiger partial charge on any atom is -0.337 e. The number of aryl methyl sites for hydroxylation is 1. The Morgan fingerprint density at radius 2 is 2.17 bits per heavy atom. The summed E-state index contributed by atoms with van der Waals surface area (Å²) < 4.78 is 14.2. The first-order valence-electron chi connectivity index (χ1n) is 7.99. The van der Waals surface area contributed by atoms with Gasteiger partial charge in [-0.3, -0.25) is 9.59 Å². The van der Waals surface area contributed by atoms with E-state index in [2.05, 4.69) is 4.98 Å². The van der Waals surface area contributed by atoms with Gasteiger partial charge >= 0.3 is 0 Å². The van der Waals surface area contributed by atoms with E-state index in [0.717, 1.165) is 12.8 Å². The van der Waals surface area contributed by atoms with Gasteiger partial charge in [-0.1, -0.05) is 0 Å². The Kier molecular flexibility index (Phi) is 4.34. The number of halogens is 1. The van der Waals surface area contributed by atoms with Crippen molar-refractivity contribution in [3.05, 3.63) is 45.5 Å². The smallest absolute Gasteiger partial charge is 0.254 e. The topological polar surface area (TPSA) is 77.0 Å². The lowest BCUT2D eigenvalue weighted by molar-refractivity contribution is 0.0753. The van der Waals surface area contributed by atoms with Crippen LogP contribution in [0.5, 0.6) is 0 Å². The van der Waals surface area contributed by atoms with Crippen molar-refractivity contribution < 1.29 is 9.18 Å². The number of nitrogens with zero attached hydrogens (tertiary/aromatic N) is 2. The van der Waals surface area contributed by atoms with Gasteiger partial charge in [-0.15, -0.1) is 0 Å². The minimum absolute atomic E-state index is 0.0445. The van der Waals surface area contributed by atoms with Crippen LogP contribution in [0, 0.1) is 30.0 Å². The van der Waals surface area contributed by atoms with E-state index < -0.39 is 11.4 Å². The Balaban J connectivity index is 2.07. The van der Waals surface area contributed by atoms with Gasteiger partial charge < -0.3 is 9.88 Å². The van der Waals surface area contributed by atoms with E-state index in [1.165, 1.54) is 12.1 Å². The molecule has 1 heterocycles. The fourth-order valence-electron chi connectivity index (χ4n) is 2.87. The van der Waals surface area contributed by atoms with Crippen LogP contribution < -0.4 is 5.56 Å². The standard InChI is InChI=1S/C18H18FN3O2/c1-11-7-13-14(9-16(23)21-17(13)15(19)8-11)18(24)22(6-2-5-20)10-12-3-4-12/h7-9,12H,2-4,6,10H2,1H3,(H,21,23). The van der Waals surface area contributed by atoms with E-state index in [1.807, 2.05) is 6.07 Å². The van der Waals surface area contributed by atoms with E-state index in [-0.39, 0.29) is 23.4 Å².